The van der Waals surface area contributed by atoms with E-state index in [4.69, 9.17) is 0 Å². The maximum atomic E-state index is 12.8. The van der Waals surface area contributed by atoms with Gasteiger partial charge in [-0.25, -0.2) is 0 Å². The summed E-state index contributed by atoms with van der Waals surface area (Å²) >= 11 is 0. The Hall–Kier alpha value is -1.56. The van der Waals surface area contributed by atoms with Crippen LogP contribution in [0.15, 0.2) is 24.3 Å². The first-order valence-electron chi connectivity index (χ1n) is 8.12. The Kier molecular flexibility index (Phi) is 4.62. The maximum absolute atomic E-state index is 12.8. The van der Waals surface area contributed by atoms with E-state index >= 15 is 0 Å². The SMILES string of the molecule is O=C([C@@H]1CCCN(CC(F)(F)F)C1)N1CCCc2ccccc21. The molecule has 3 rings (SSSR count). The van der Waals surface area contributed by atoms with Crippen molar-refractivity contribution in [2.75, 3.05) is 31.1 Å². The first-order valence-corrected chi connectivity index (χ1v) is 8.12. The van der Waals surface area contributed by atoms with Crippen LogP contribution in [0.1, 0.15) is 24.8 Å². The van der Waals surface area contributed by atoms with Crippen molar-refractivity contribution in [3.8, 4) is 0 Å². The van der Waals surface area contributed by atoms with Crippen LogP contribution >= 0.6 is 0 Å². The van der Waals surface area contributed by atoms with Crippen molar-refractivity contribution < 1.29 is 18.0 Å². The summed E-state index contributed by atoms with van der Waals surface area (Å²) in [5, 5.41) is 0. The van der Waals surface area contributed by atoms with Crippen LogP contribution in [-0.2, 0) is 11.2 Å². The number of rotatable bonds is 2. The Morgan fingerprint density at radius 2 is 1.96 bits per heavy atom. The first-order chi connectivity index (χ1) is 10.9. The summed E-state index contributed by atoms with van der Waals surface area (Å²) in [5.74, 6) is -0.360. The Morgan fingerprint density at radius 1 is 1.17 bits per heavy atom. The van der Waals surface area contributed by atoms with Gasteiger partial charge in [0, 0.05) is 18.8 Å². The molecule has 1 fully saturated rings. The van der Waals surface area contributed by atoms with Gasteiger partial charge in [0.25, 0.3) is 0 Å². The zero-order valence-corrected chi connectivity index (χ0v) is 13.0. The highest BCUT2D eigenvalue weighted by atomic mass is 19.4. The number of alkyl halides is 3. The lowest BCUT2D eigenvalue weighted by Gasteiger charge is -2.37. The molecule has 2 aliphatic heterocycles. The summed E-state index contributed by atoms with van der Waals surface area (Å²) in [7, 11) is 0. The number of para-hydroxylation sites is 1. The number of hydrogen-bond donors (Lipinski definition) is 0. The van der Waals surface area contributed by atoms with Crippen LogP contribution < -0.4 is 4.90 Å². The molecule has 6 heteroatoms. The van der Waals surface area contributed by atoms with Crippen LogP contribution in [0.25, 0.3) is 0 Å². The molecule has 1 atom stereocenters. The van der Waals surface area contributed by atoms with Crippen LogP contribution in [0.3, 0.4) is 0 Å². The van der Waals surface area contributed by atoms with Crippen molar-refractivity contribution in [2.24, 2.45) is 5.92 Å². The number of likely N-dealkylation sites (tertiary alicyclic amines) is 1. The van der Waals surface area contributed by atoms with Crippen molar-refractivity contribution in [3.05, 3.63) is 29.8 Å². The van der Waals surface area contributed by atoms with Crippen molar-refractivity contribution >= 4 is 11.6 Å². The molecule has 2 aliphatic rings. The fraction of sp³-hybridized carbons (Fsp3) is 0.588. The van der Waals surface area contributed by atoms with Crippen LogP contribution in [0, 0.1) is 5.92 Å². The second-order valence-corrected chi connectivity index (χ2v) is 6.41. The van der Waals surface area contributed by atoms with E-state index < -0.39 is 12.7 Å². The minimum absolute atomic E-state index is 0.0241. The summed E-state index contributed by atoms with van der Waals surface area (Å²) in [6.45, 7) is 0.357. The van der Waals surface area contributed by atoms with Crippen LogP contribution in [0.4, 0.5) is 18.9 Å². The van der Waals surface area contributed by atoms with Crippen LogP contribution in [0.5, 0.6) is 0 Å². The average molecular weight is 326 g/mol. The second kappa shape index (κ2) is 6.51. The predicted molar refractivity (Wildman–Crippen MR) is 82.3 cm³/mol. The van der Waals surface area contributed by atoms with E-state index in [1.807, 2.05) is 24.3 Å². The molecule has 0 spiro atoms. The molecule has 0 unspecified atom stereocenters. The molecule has 1 saturated heterocycles. The van der Waals surface area contributed by atoms with E-state index in [0.717, 1.165) is 24.1 Å². The van der Waals surface area contributed by atoms with Crippen LogP contribution in [0.2, 0.25) is 0 Å². The number of halogens is 3. The van der Waals surface area contributed by atoms with Gasteiger partial charge in [-0.2, -0.15) is 13.2 Å². The molecule has 1 aromatic carbocycles. The number of amides is 1. The van der Waals surface area contributed by atoms with Gasteiger partial charge in [-0.15, -0.1) is 0 Å². The second-order valence-electron chi connectivity index (χ2n) is 6.41. The highest BCUT2D eigenvalue weighted by Crippen LogP contribution is 2.30. The number of carbonyl (C=O) groups excluding carboxylic acids is 1. The maximum Gasteiger partial charge on any atom is 0.401 e. The van der Waals surface area contributed by atoms with Gasteiger partial charge >= 0.3 is 6.18 Å². The van der Waals surface area contributed by atoms with Gasteiger partial charge < -0.3 is 4.90 Å². The Labute approximate surface area is 134 Å². The molecule has 126 valence electrons. The van der Waals surface area contributed by atoms with E-state index in [-0.39, 0.29) is 18.4 Å². The normalized spacial score (nSPS) is 22.7. The summed E-state index contributed by atoms with van der Waals surface area (Å²) < 4.78 is 37.7. The molecule has 1 amide bonds. The largest absolute Gasteiger partial charge is 0.401 e. The van der Waals surface area contributed by atoms with E-state index in [2.05, 4.69) is 0 Å². The summed E-state index contributed by atoms with van der Waals surface area (Å²) in [5.41, 5.74) is 2.08. The van der Waals surface area contributed by atoms with Gasteiger partial charge in [0.2, 0.25) is 5.91 Å². The molecule has 2 heterocycles. The monoisotopic (exact) mass is 326 g/mol. The third-order valence-corrected chi connectivity index (χ3v) is 4.63. The first kappa shape index (κ1) is 16.3. The predicted octanol–water partition coefficient (Wildman–Crippen LogP) is 3.24. The van der Waals surface area contributed by atoms with Gasteiger partial charge in [-0.05, 0) is 43.9 Å². The Bertz CT molecular complexity index is 573. The smallest absolute Gasteiger partial charge is 0.312 e. The Balaban J connectivity index is 1.71. The van der Waals surface area contributed by atoms with E-state index in [1.54, 1.807) is 4.90 Å². The molecule has 0 bridgehead atoms. The number of anilines is 1. The molecule has 0 N–H and O–H groups in total. The number of piperidine rings is 1. The number of benzene rings is 1. The molecule has 0 aromatic heterocycles. The fourth-order valence-corrected chi connectivity index (χ4v) is 3.64. The Morgan fingerprint density at radius 3 is 2.74 bits per heavy atom. The molecule has 0 radical (unpaired) electrons. The third kappa shape index (κ3) is 3.86. The molecule has 1 aromatic rings. The van der Waals surface area contributed by atoms with Crippen molar-refractivity contribution in [3.63, 3.8) is 0 Å². The molecule has 3 nitrogen and oxygen atoms in total. The van der Waals surface area contributed by atoms with Gasteiger partial charge in [0.1, 0.15) is 0 Å². The summed E-state index contributed by atoms with van der Waals surface area (Å²) in [6, 6.07) is 7.81. The van der Waals surface area contributed by atoms with Crippen molar-refractivity contribution in [2.45, 2.75) is 31.9 Å². The summed E-state index contributed by atoms with van der Waals surface area (Å²) in [6.07, 6.45) is -1.04. The highest BCUT2D eigenvalue weighted by Gasteiger charge is 2.36. The average Bonchev–Trinajstić information content (AvgIpc) is 2.52. The lowest BCUT2D eigenvalue weighted by molar-refractivity contribution is -0.151. The highest BCUT2D eigenvalue weighted by molar-refractivity contribution is 5.96. The summed E-state index contributed by atoms with van der Waals surface area (Å²) in [4.78, 5) is 16.0. The van der Waals surface area contributed by atoms with Gasteiger partial charge in [0.05, 0.1) is 12.5 Å². The van der Waals surface area contributed by atoms with E-state index in [1.165, 1.54) is 4.90 Å². The molecular formula is C17H21F3N2O. The van der Waals surface area contributed by atoms with E-state index in [0.29, 0.717) is 25.9 Å². The number of nitrogens with zero attached hydrogens (tertiary/aromatic N) is 2. The fourth-order valence-electron chi connectivity index (χ4n) is 3.64. The number of carbonyl (C=O) groups is 1. The standard InChI is InChI=1S/C17H21F3N2O/c18-17(19,20)12-21-9-3-7-14(11-21)16(23)22-10-4-6-13-5-1-2-8-15(13)22/h1-2,5,8,14H,3-4,6-7,9-12H2/t14-/m1/s1. The third-order valence-electron chi connectivity index (χ3n) is 4.63. The number of aryl methyl sites for hydroxylation is 1. The van der Waals surface area contributed by atoms with Crippen molar-refractivity contribution in [1.29, 1.82) is 0 Å². The van der Waals surface area contributed by atoms with Gasteiger partial charge in [-0.1, -0.05) is 18.2 Å². The number of fused-ring (bicyclic) bond motifs is 1. The zero-order chi connectivity index (χ0) is 16.4. The van der Waals surface area contributed by atoms with E-state index in [9.17, 15) is 18.0 Å². The minimum atomic E-state index is -4.21. The molecule has 23 heavy (non-hydrogen) atoms. The van der Waals surface area contributed by atoms with Crippen LogP contribution in [-0.4, -0.2) is 43.2 Å². The number of hydrogen-bond acceptors (Lipinski definition) is 2. The zero-order valence-electron chi connectivity index (χ0n) is 13.0. The quantitative estimate of drug-likeness (QED) is 0.833. The lowest BCUT2D eigenvalue weighted by atomic mass is 9.94. The topological polar surface area (TPSA) is 23.6 Å². The van der Waals surface area contributed by atoms with Gasteiger partial charge in [0.15, 0.2) is 0 Å². The van der Waals surface area contributed by atoms with Crippen molar-refractivity contribution in [1.82, 2.24) is 4.90 Å². The molecule has 0 saturated carbocycles. The lowest BCUT2D eigenvalue weighted by Crippen LogP contribution is -2.48. The van der Waals surface area contributed by atoms with Gasteiger partial charge in [-0.3, -0.25) is 9.69 Å². The minimum Gasteiger partial charge on any atom is -0.312 e. The molecule has 0 aliphatic carbocycles. The molecular weight excluding hydrogens is 305 g/mol.